The Morgan fingerprint density at radius 2 is 1.65 bits per heavy atom. The Bertz CT molecular complexity index is 1020. The van der Waals surface area contributed by atoms with E-state index in [-0.39, 0.29) is 15.7 Å². The predicted octanol–water partition coefficient (Wildman–Crippen LogP) is 4.14. The molecular formula is C18H14BrNO5S. The van der Waals surface area contributed by atoms with Gasteiger partial charge in [-0.2, -0.15) is 0 Å². The van der Waals surface area contributed by atoms with Gasteiger partial charge in [0.2, 0.25) is 14.9 Å². The molecule has 0 unspecified atom stereocenters. The van der Waals surface area contributed by atoms with Crippen molar-refractivity contribution in [2.45, 2.75) is 9.99 Å². The van der Waals surface area contributed by atoms with Gasteiger partial charge in [0.25, 0.3) is 5.91 Å². The number of amides is 1. The predicted molar refractivity (Wildman–Crippen MR) is 99.2 cm³/mol. The van der Waals surface area contributed by atoms with Gasteiger partial charge in [-0.15, -0.1) is 0 Å². The monoisotopic (exact) mass is 435 g/mol. The molecular weight excluding hydrogens is 422 g/mol. The van der Waals surface area contributed by atoms with Crippen LogP contribution in [-0.2, 0) is 9.84 Å². The Labute approximate surface area is 158 Å². The summed E-state index contributed by atoms with van der Waals surface area (Å²) in [5, 5.41) is 2.34. The first-order valence-electron chi connectivity index (χ1n) is 7.46. The lowest BCUT2D eigenvalue weighted by Crippen LogP contribution is -2.10. The van der Waals surface area contributed by atoms with Gasteiger partial charge in [0.15, 0.2) is 5.76 Å². The second-order valence-electron chi connectivity index (χ2n) is 5.26. The number of halogens is 1. The van der Waals surface area contributed by atoms with Crippen molar-refractivity contribution in [1.82, 2.24) is 0 Å². The minimum atomic E-state index is -3.83. The molecule has 0 aliphatic carbocycles. The first-order chi connectivity index (χ1) is 12.4. The molecule has 1 heterocycles. The van der Waals surface area contributed by atoms with Crippen molar-refractivity contribution in [3.05, 3.63) is 70.9 Å². The molecule has 2 aromatic carbocycles. The van der Waals surface area contributed by atoms with E-state index in [1.54, 1.807) is 43.5 Å². The number of carbonyl (C=O) groups excluding carboxylic acids is 1. The van der Waals surface area contributed by atoms with Gasteiger partial charge in [0, 0.05) is 10.2 Å². The summed E-state index contributed by atoms with van der Waals surface area (Å²) in [4.78, 5) is 12.3. The van der Waals surface area contributed by atoms with Crippen LogP contribution in [-0.4, -0.2) is 21.4 Å². The van der Waals surface area contributed by atoms with Gasteiger partial charge in [-0.25, -0.2) is 8.42 Å². The Kier molecular flexibility index (Phi) is 5.15. The Balaban J connectivity index is 1.80. The van der Waals surface area contributed by atoms with Gasteiger partial charge < -0.3 is 14.5 Å². The maximum atomic E-state index is 12.6. The second kappa shape index (κ2) is 7.35. The van der Waals surface area contributed by atoms with Gasteiger partial charge >= 0.3 is 0 Å². The third-order valence-electron chi connectivity index (χ3n) is 3.54. The first kappa shape index (κ1) is 18.2. The lowest BCUT2D eigenvalue weighted by Gasteiger charge is -2.05. The molecule has 3 rings (SSSR count). The maximum absolute atomic E-state index is 12.6. The van der Waals surface area contributed by atoms with Gasteiger partial charge in [0.05, 0.1) is 12.0 Å². The molecule has 3 aromatic rings. The summed E-state index contributed by atoms with van der Waals surface area (Å²) in [5.74, 6) is 0.00722. The molecule has 1 aromatic heterocycles. The standard InChI is InChI=1S/C18H14BrNO5S/c1-24-14-6-4-13(5-7-14)20-18(21)16-10-11-17(25-16)26(22,23)15-8-2-12(19)3-9-15/h2-11H,1H3,(H,20,21). The number of rotatable bonds is 5. The number of ether oxygens (including phenoxy) is 1. The zero-order chi connectivity index (χ0) is 18.7. The summed E-state index contributed by atoms with van der Waals surface area (Å²) in [6, 6.07) is 15.5. The Morgan fingerprint density at radius 3 is 2.27 bits per heavy atom. The van der Waals surface area contributed by atoms with Gasteiger partial charge in [-0.1, -0.05) is 15.9 Å². The fraction of sp³-hybridized carbons (Fsp3) is 0.0556. The average Bonchev–Trinajstić information content (AvgIpc) is 3.14. The highest BCUT2D eigenvalue weighted by atomic mass is 79.9. The second-order valence-corrected chi connectivity index (χ2v) is 8.05. The van der Waals surface area contributed by atoms with Crippen molar-refractivity contribution >= 4 is 37.4 Å². The van der Waals surface area contributed by atoms with Crippen LogP contribution >= 0.6 is 15.9 Å². The number of carbonyl (C=O) groups is 1. The normalized spacial score (nSPS) is 11.2. The van der Waals surface area contributed by atoms with Crippen molar-refractivity contribution in [3.63, 3.8) is 0 Å². The quantitative estimate of drug-likeness (QED) is 0.650. The van der Waals surface area contributed by atoms with Crippen LogP contribution in [0.3, 0.4) is 0 Å². The Hall–Kier alpha value is -2.58. The molecule has 0 saturated carbocycles. The van der Waals surface area contributed by atoms with Crippen LogP contribution in [0.15, 0.2) is 79.5 Å². The molecule has 134 valence electrons. The van der Waals surface area contributed by atoms with Crippen LogP contribution in [0.5, 0.6) is 5.75 Å². The minimum Gasteiger partial charge on any atom is -0.497 e. The smallest absolute Gasteiger partial charge is 0.291 e. The lowest BCUT2D eigenvalue weighted by atomic mass is 10.3. The fourth-order valence-corrected chi connectivity index (χ4v) is 3.62. The van der Waals surface area contributed by atoms with Crippen LogP contribution < -0.4 is 10.1 Å². The molecule has 0 saturated heterocycles. The molecule has 0 radical (unpaired) electrons. The van der Waals surface area contributed by atoms with Crippen LogP contribution in [0.4, 0.5) is 5.69 Å². The number of nitrogens with one attached hydrogen (secondary N) is 1. The van der Waals surface area contributed by atoms with E-state index in [2.05, 4.69) is 21.2 Å². The Morgan fingerprint density at radius 1 is 1.00 bits per heavy atom. The number of benzene rings is 2. The van der Waals surface area contributed by atoms with E-state index < -0.39 is 15.7 Å². The summed E-state index contributed by atoms with van der Waals surface area (Å²) in [6.45, 7) is 0. The fourth-order valence-electron chi connectivity index (χ4n) is 2.18. The van der Waals surface area contributed by atoms with Crippen molar-refractivity contribution in [3.8, 4) is 5.75 Å². The van der Waals surface area contributed by atoms with E-state index >= 15 is 0 Å². The molecule has 1 amide bonds. The molecule has 8 heteroatoms. The van der Waals surface area contributed by atoms with Crippen molar-refractivity contribution < 1.29 is 22.4 Å². The van der Waals surface area contributed by atoms with E-state index in [0.717, 1.165) is 4.47 Å². The topological polar surface area (TPSA) is 85.6 Å². The van der Waals surface area contributed by atoms with Crippen LogP contribution in [0.25, 0.3) is 0 Å². The number of hydrogen-bond acceptors (Lipinski definition) is 5. The highest BCUT2D eigenvalue weighted by Gasteiger charge is 2.23. The lowest BCUT2D eigenvalue weighted by molar-refractivity contribution is 0.0991. The number of furan rings is 1. The summed E-state index contributed by atoms with van der Waals surface area (Å²) < 4.78 is 36.2. The largest absolute Gasteiger partial charge is 0.497 e. The first-order valence-corrected chi connectivity index (χ1v) is 9.73. The van der Waals surface area contributed by atoms with E-state index in [4.69, 9.17) is 9.15 Å². The van der Waals surface area contributed by atoms with E-state index in [1.165, 1.54) is 24.3 Å². The van der Waals surface area contributed by atoms with Crippen molar-refractivity contribution in [2.75, 3.05) is 12.4 Å². The summed E-state index contributed by atoms with van der Waals surface area (Å²) in [6.07, 6.45) is 0. The third-order valence-corrected chi connectivity index (χ3v) is 5.71. The SMILES string of the molecule is COc1ccc(NC(=O)c2ccc(S(=O)(=O)c3ccc(Br)cc3)o2)cc1. The summed E-state index contributed by atoms with van der Waals surface area (Å²) in [7, 11) is -2.29. The molecule has 0 spiro atoms. The molecule has 0 atom stereocenters. The van der Waals surface area contributed by atoms with Crippen LogP contribution in [0.1, 0.15) is 10.6 Å². The molecule has 26 heavy (non-hydrogen) atoms. The minimum absolute atomic E-state index is 0.0807. The van der Waals surface area contributed by atoms with Gasteiger partial charge in [0.1, 0.15) is 5.75 Å². The molecule has 6 nitrogen and oxygen atoms in total. The zero-order valence-electron chi connectivity index (χ0n) is 13.6. The number of anilines is 1. The van der Waals surface area contributed by atoms with Crippen LogP contribution in [0, 0.1) is 0 Å². The van der Waals surface area contributed by atoms with E-state index in [0.29, 0.717) is 11.4 Å². The van der Waals surface area contributed by atoms with Crippen molar-refractivity contribution in [2.24, 2.45) is 0 Å². The zero-order valence-corrected chi connectivity index (χ0v) is 16.0. The maximum Gasteiger partial charge on any atom is 0.291 e. The number of methoxy groups -OCH3 is 1. The van der Waals surface area contributed by atoms with Gasteiger partial charge in [-0.05, 0) is 60.7 Å². The molecule has 1 N–H and O–H groups in total. The van der Waals surface area contributed by atoms with Crippen molar-refractivity contribution in [1.29, 1.82) is 0 Å². The molecule has 0 aliphatic rings. The van der Waals surface area contributed by atoms with Gasteiger partial charge in [-0.3, -0.25) is 4.79 Å². The summed E-state index contributed by atoms with van der Waals surface area (Å²) in [5.41, 5.74) is 0.532. The number of sulfone groups is 1. The summed E-state index contributed by atoms with van der Waals surface area (Å²) >= 11 is 3.25. The molecule has 0 fully saturated rings. The van der Waals surface area contributed by atoms with Crippen LogP contribution in [0.2, 0.25) is 0 Å². The highest BCUT2D eigenvalue weighted by molar-refractivity contribution is 9.10. The highest BCUT2D eigenvalue weighted by Crippen LogP contribution is 2.25. The van der Waals surface area contributed by atoms with E-state index in [1.807, 2.05) is 0 Å². The van der Waals surface area contributed by atoms with E-state index in [9.17, 15) is 13.2 Å². The number of hydrogen-bond donors (Lipinski definition) is 1. The molecule has 0 bridgehead atoms. The third kappa shape index (κ3) is 3.81. The average molecular weight is 436 g/mol. The molecule has 0 aliphatic heterocycles.